The van der Waals surface area contributed by atoms with Gasteiger partial charge in [-0.1, -0.05) is 0 Å². The molecule has 2 aromatic rings. The van der Waals surface area contributed by atoms with E-state index < -0.39 is 26.0 Å². The van der Waals surface area contributed by atoms with Gasteiger partial charge in [0, 0.05) is 25.1 Å². The maximum Gasteiger partial charge on any atom is 0.255 e. The van der Waals surface area contributed by atoms with Crippen LogP contribution >= 0.6 is 0 Å². The second kappa shape index (κ2) is 8.93. The molecule has 1 heterocycles. The van der Waals surface area contributed by atoms with Crippen LogP contribution in [0.1, 0.15) is 23.2 Å². The summed E-state index contributed by atoms with van der Waals surface area (Å²) in [6.45, 7) is 0.294. The van der Waals surface area contributed by atoms with Crippen LogP contribution in [0.4, 0.5) is 11.4 Å². The lowest BCUT2D eigenvalue weighted by Gasteiger charge is -2.18. The van der Waals surface area contributed by atoms with E-state index in [1.807, 2.05) is 6.07 Å². The molecule has 0 aliphatic carbocycles. The molecule has 10 nitrogen and oxygen atoms in total. The number of hydrogen-bond acceptors (Lipinski definition) is 7. The summed E-state index contributed by atoms with van der Waals surface area (Å²) in [6, 6.07) is 11.1. The van der Waals surface area contributed by atoms with Crippen molar-refractivity contribution in [1.82, 2.24) is 4.72 Å². The third kappa shape index (κ3) is 5.13. The highest BCUT2D eigenvalue weighted by atomic mass is 32.2. The Morgan fingerprint density at radius 3 is 2.52 bits per heavy atom. The van der Waals surface area contributed by atoms with Crippen LogP contribution in [0.2, 0.25) is 0 Å². The predicted molar refractivity (Wildman–Crippen MR) is 114 cm³/mol. The normalized spacial score (nSPS) is 15.4. The van der Waals surface area contributed by atoms with Gasteiger partial charge in [0.15, 0.2) is 0 Å². The van der Waals surface area contributed by atoms with Crippen molar-refractivity contribution in [2.24, 2.45) is 0 Å². The molecule has 1 amide bonds. The molecule has 0 bridgehead atoms. The molecule has 0 radical (unpaired) electrons. The Hall–Kier alpha value is -3.14. The van der Waals surface area contributed by atoms with Crippen LogP contribution in [0.5, 0.6) is 5.75 Å². The minimum Gasteiger partial charge on any atom is -0.506 e. The summed E-state index contributed by atoms with van der Waals surface area (Å²) >= 11 is 0. The predicted octanol–water partition coefficient (Wildman–Crippen LogP) is 1.38. The first-order chi connectivity index (χ1) is 14.6. The first-order valence-corrected chi connectivity index (χ1v) is 12.3. The van der Waals surface area contributed by atoms with Gasteiger partial charge in [-0.05, 0) is 48.9 Å². The summed E-state index contributed by atoms with van der Waals surface area (Å²) in [6.07, 6.45) is 0.520. The van der Waals surface area contributed by atoms with E-state index in [0.29, 0.717) is 18.7 Å². The van der Waals surface area contributed by atoms with Crippen molar-refractivity contribution in [3.63, 3.8) is 0 Å². The molecule has 3 N–H and O–H groups in total. The van der Waals surface area contributed by atoms with Gasteiger partial charge >= 0.3 is 0 Å². The van der Waals surface area contributed by atoms with Gasteiger partial charge in [0.1, 0.15) is 5.75 Å². The zero-order chi connectivity index (χ0) is 22.6. The average molecular weight is 465 g/mol. The van der Waals surface area contributed by atoms with E-state index in [9.17, 15) is 26.7 Å². The highest BCUT2D eigenvalue weighted by molar-refractivity contribution is 7.93. The summed E-state index contributed by atoms with van der Waals surface area (Å²) in [7, 11) is -7.22. The average Bonchev–Trinajstić information content (AvgIpc) is 3.09. The largest absolute Gasteiger partial charge is 0.506 e. The van der Waals surface area contributed by atoms with Crippen LogP contribution in [-0.2, 0) is 20.0 Å². The number of aromatic hydroxyl groups is 1. The molecule has 12 heteroatoms. The molecular formula is C19H20N4O6S2. The molecule has 2 aromatic carbocycles. The van der Waals surface area contributed by atoms with Crippen molar-refractivity contribution in [2.75, 3.05) is 28.5 Å². The van der Waals surface area contributed by atoms with Gasteiger partial charge in [0.25, 0.3) is 5.91 Å². The van der Waals surface area contributed by atoms with E-state index in [0.717, 1.165) is 0 Å². The summed E-state index contributed by atoms with van der Waals surface area (Å²) in [5, 5.41) is 21.1. The van der Waals surface area contributed by atoms with Crippen molar-refractivity contribution in [3.8, 4) is 11.8 Å². The van der Waals surface area contributed by atoms with Crippen LogP contribution < -0.4 is 14.3 Å². The van der Waals surface area contributed by atoms with E-state index in [4.69, 9.17) is 5.26 Å². The monoisotopic (exact) mass is 464 g/mol. The van der Waals surface area contributed by atoms with Crippen molar-refractivity contribution in [1.29, 1.82) is 5.26 Å². The number of nitrogens with one attached hydrogen (secondary N) is 2. The number of hydrogen-bond donors (Lipinski definition) is 3. The summed E-state index contributed by atoms with van der Waals surface area (Å²) in [5.41, 5.74) is 0.490. The lowest BCUT2D eigenvalue weighted by Crippen LogP contribution is -2.25. The number of carbonyl (C=O) groups excluding carboxylic acids is 1. The number of nitriles is 1. The standard InChI is InChI=1S/C19H20N4O6S2/c20-9-1-10-21-31(28,29)16-6-3-14(4-7-16)19(25)22-17-13-15(5-8-18(17)24)23-11-2-12-30(23,26)27/h3-8,13,21,24H,1-2,10-12H2,(H,22,25). The molecular weight excluding hydrogens is 444 g/mol. The highest BCUT2D eigenvalue weighted by Crippen LogP contribution is 2.32. The molecule has 0 spiro atoms. The van der Waals surface area contributed by atoms with E-state index in [1.54, 1.807) is 0 Å². The summed E-state index contributed by atoms with van der Waals surface area (Å²) in [4.78, 5) is 12.5. The Kier molecular flexibility index (Phi) is 6.49. The second-order valence-corrected chi connectivity index (χ2v) is 10.5. The lowest BCUT2D eigenvalue weighted by atomic mass is 10.2. The summed E-state index contributed by atoms with van der Waals surface area (Å²) in [5.74, 6) is -0.816. The number of sulfonamides is 2. The maximum absolute atomic E-state index is 12.5. The van der Waals surface area contributed by atoms with Gasteiger partial charge in [-0.3, -0.25) is 9.10 Å². The first-order valence-electron chi connectivity index (χ1n) is 9.25. The van der Waals surface area contributed by atoms with Crippen molar-refractivity contribution in [3.05, 3.63) is 48.0 Å². The molecule has 0 saturated carbocycles. The Labute approximate surface area is 180 Å². The molecule has 0 atom stereocenters. The van der Waals surface area contributed by atoms with Crippen LogP contribution in [0.15, 0.2) is 47.4 Å². The van der Waals surface area contributed by atoms with Gasteiger partial charge in [0.2, 0.25) is 20.0 Å². The smallest absolute Gasteiger partial charge is 0.255 e. The van der Waals surface area contributed by atoms with Crippen LogP contribution in [0, 0.1) is 11.3 Å². The van der Waals surface area contributed by atoms with E-state index >= 15 is 0 Å². The molecule has 1 fully saturated rings. The Bertz CT molecular complexity index is 1240. The van der Waals surface area contributed by atoms with Crippen molar-refractivity contribution < 1.29 is 26.7 Å². The molecule has 164 valence electrons. The zero-order valence-corrected chi connectivity index (χ0v) is 17.9. The zero-order valence-electron chi connectivity index (χ0n) is 16.3. The molecule has 0 aromatic heterocycles. The lowest BCUT2D eigenvalue weighted by molar-refractivity contribution is 0.102. The third-order valence-electron chi connectivity index (χ3n) is 4.57. The quantitative estimate of drug-likeness (QED) is 0.413. The Morgan fingerprint density at radius 2 is 1.90 bits per heavy atom. The fourth-order valence-electron chi connectivity index (χ4n) is 3.01. The highest BCUT2D eigenvalue weighted by Gasteiger charge is 2.29. The van der Waals surface area contributed by atoms with Gasteiger partial charge < -0.3 is 10.4 Å². The summed E-state index contributed by atoms with van der Waals surface area (Å²) < 4.78 is 52.0. The van der Waals surface area contributed by atoms with Gasteiger partial charge in [-0.2, -0.15) is 5.26 Å². The maximum atomic E-state index is 12.5. The Balaban J connectivity index is 1.76. The van der Waals surface area contributed by atoms with Crippen LogP contribution in [-0.4, -0.2) is 46.7 Å². The minimum atomic E-state index is -3.80. The third-order valence-corrected chi connectivity index (χ3v) is 7.92. The van der Waals surface area contributed by atoms with Gasteiger partial charge in [0.05, 0.1) is 28.1 Å². The SMILES string of the molecule is N#CCCNS(=O)(=O)c1ccc(C(=O)Nc2cc(N3CCCS3(=O)=O)ccc2O)cc1. The van der Waals surface area contributed by atoms with Gasteiger partial charge in [-0.25, -0.2) is 21.6 Å². The fourth-order valence-corrected chi connectivity index (χ4v) is 5.60. The number of anilines is 2. The van der Waals surface area contributed by atoms with E-state index in [2.05, 4.69) is 10.0 Å². The molecule has 1 aliphatic rings. The first kappa shape index (κ1) is 22.5. The topological polar surface area (TPSA) is 157 Å². The molecule has 0 unspecified atom stereocenters. The number of phenols is 1. The molecule has 3 rings (SSSR count). The molecule has 1 saturated heterocycles. The van der Waals surface area contributed by atoms with Crippen molar-refractivity contribution >= 4 is 37.3 Å². The van der Waals surface area contributed by atoms with Crippen LogP contribution in [0.3, 0.4) is 0 Å². The number of carbonyl (C=O) groups is 1. The van der Waals surface area contributed by atoms with Crippen LogP contribution in [0.25, 0.3) is 0 Å². The Morgan fingerprint density at radius 1 is 1.19 bits per heavy atom. The van der Waals surface area contributed by atoms with E-state index in [1.165, 1.54) is 46.8 Å². The van der Waals surface area contributed by atoms with E-state index in [-0.39, 0.29) is 40.6 Å². The number of phenolic OH excluding ortho intramolecular Hbond substituents is 1. The molecule has 31 heavy (non-hydrogen) atoms. The van der Waals surface area contributed by atoms with Crippen molar-refractivity contribution in [2.45, 2.75) is 17.7 Å². The molecule has 1 aliphatic heterocycles. The number of amides is 1. The number of benzene rings is 2. The number of rotatable bonds is 7. The second-order valence-electron chi connectivity index (χ2n) is 6.73. The number of nitrogens with zero attached hydrogens (tertiary/aromatic N) is 2. The fraction of sp³-hybridized carbons (Fsp3) is 0.263. The van der Waals surface area contributed by atoms with Gasteiger partial charge in [-0.15, -0.1) is 0 Å². The minimum absolute atomic E-state index is 0.0244.